The van der Waals surface area contributed by atoms with E-state index in [0.29, 0.717) is 6.54 Å². The van der Waals surface area contributed by atoms with Crippen LogP contribution >= 0.6 is 0 Å². The lowest BCUT2D eigenvalue weighted by atomic mass is 10.1. The van der Waals surface area contributed by atoms with E-state index in [1.54, 1.807) is 0 Å². The molecule has 0 bridgehead atoms. The van der Waals surface area contributed by atoms with Gasteiger partial charge in [0.1, 0.15) is 0 Å². The Balaban J connectivity index is 2.19. The molecule has 0 heterocycles. The van der Waals surface area contributed by atoms with Crippen LogP contribution in [0.3, 0.4) is 0 Å². The summed E-state index contributed by atoms with van der Waals surface area (Å²) in [5.41, 5.74) is 2.64. The first-order valence-electron chi connectivity index (χ1n) is 5.75. The summed E-state index contributed by atoms with van der Waals surface area (Å²) in [5.74, 6) is 0.0223. The number of aryl methyl sites for hydroxylation is 1. The molecular formula is C13H20N2O. The van der Waals surface area contributed by atoms with Gasteiger partial charge in [-0.05, 0) is 17.5 Å². The number of nitrogens with one attached hydrogen (secondary N) is 2. The van der Waals surface area contributed by atoms with E-state index < -0.39 is 0 Å². The third-order valence-corrected chi connectivity index (χ3v) is 2.44. The smallest absolute Gasteiger partial charge is 0.216 e. The van der Waals surface area contributed by atoms with Crippen LogP contribution in [0.4, 0.5) is 0 Å². The molecule has 0 aromatic heterocycles. The molecule has 0 radical (unpaired) electrons. The van der Waals surface area contributed by atoms with Crippen molar-refractivity contribution in [2.75, 3.05) is 13.1 Å². The molecular weight excluding hydrogens is 200 g/mol. The maximum absolute atomic E-state index is 10.6. The molecule has 1 amide bonds. The van der Waals surface area contributed by atoms with Gasteiger partial charge in [0.15, 0.2) is 0 Å². The molecule has 0 atom stereocenters. The van der Waals surface area contributed by atoms with Gasteiger partial charge in [-0.3, -0.25) is 4.79 Å². The molecule has 0 aliphatic heterocycles. The fourth-order valence-electron chi connectivity index (χ4n) is 1.45. The topological polar surface area (TPSA) is 41.1 Å². The van der Waals surface area contributed by atoms with Crippen LogP contribution in [0.1, 0.15) is 25.0 Å². The Labute approximate surface area is 97.2 Å². The van der Waals surface area contributed by atoms with Crippen LogP contribution < -0.4 is 10.6 Å². The fourth-order valence-corrected chi connectivity index (χ4v) is 1.45. The Morgan fingerprint density at radius 1 is 1.12 bits per heavy atom. The van der Waals surface area contributed by atoms with Gasteiger partial charge < -0.3 is 10.6 Å². The first-order chi connectivity index (χ1) is 7.72. The molecule has 0 saturated heterocycles. The van der Waals surface area contributed by atoms with E-state index >= 15 is 0 Å². The maximum Gasteiger partial charge on any atom is 0.216 e. The molecule has 1 aromatic carbocycles. The lowest BCUT2D eigenvalue weighted by Crippen LogP contribution is -2.29. The van der Waals surface area contributed by atoms with Gasteiger partial charge in [-0.2, -0.15) is 0 Å². The summed E-state index contributed by atoms with van der Waals surface area (Å²) in [6.45, 7) is 6.02. The molecule has 0 fully saturated rings. The average Bonchev–Trinajstić information content (AvgIpc) is 2.29. The molecule has 88 valence electrons. The molecule has 1 rings (SSSR count). The van der Waals surface area contributed by atoms with Crippen LogP contribution in [-0.2, 0) is 17.8 Å². The van der Waals surface area contributed by atoms with Crippen LogP contribution in [0.2, 0.25) is 0 Å². The number of benzene rings is 1. The highest BCUT2D eigenvalue weighted by atomic mass is 16.1. The third kappa shape index (κ3) is 4.94. The minimum atomic E-state index is 0.0223. The van der Waals surface area contributed by atoms with Crippen molar-refractivity contribution >= 4 is 5.91 Å². The number of amides is 1. The van der Waals surface area contributed by atoms with E-state index in [2.05, 4.69) is 41.8 Å². The number of hydrogen-bond donors (Lipinski definition) is 2. The minimum Gasteiger partial charge on any atom is -0.355 e. The summed E-state index contributed by atoms with van der Waals surface area (Å²) in [7, 11) is 0. The summed E-state index contributed by atoms with van der Waals surface area (Å²) in [6, 6.07) is 8.60. The zero-order valence-electron chi connectivity index (χ0n) is 10.0. The van der Waals surface area contributed by atoms with Gasteiger partial charge >= 0.3 is 0 Å². The van der Waals surface area contributed by atoms with Crippen LogP contribution in [0.25, 0.3) is 0 Å². The molecule has 0 aliphatic carbocycles. The van der Waals surface area contributed by atoms with Crippen molar-refractivity contribution < 1.29 is 4.79 Å². The van der Waals surface area contributed by atoms with Crippen LogP contribution in [0.15, 0.2) is 24.3 Å². The monoisotopic (exact) mass is 220 g/mol. The zero-order valence-corrected chi connectivity index (χ0v) is 10.0. The molecule has 0 aliphatic rings. The number of carbonyl (C=O) groups is 1. The predicted molar refractivity (Wildman–Crippen MR) is 66.2 cm³/mol. The SMILES string of the molecule is CCc1ccc(CNCCNC(C)=O)cc1. The van der Waals surface area contributed by atoms with Gasteiger partial charge in [-0.1, -0.05) is 31.2 Å². The summed E-state index contributed by atoms with van der Waals surface area (Å²) in [4.78, 5) is 10.6. The van der Waals surface area contributed by atoms with Crippen molar-refractivity contribution in [1.82, 2.24) is 10.6 Å². The zero-order chi connectivity index (χ0) is 11.8. The molecule has 3 heteroatoms. The molecule has 16 heavy (non-hydrogen) atoms. The second-order valence-corrected chi connectivity index (χ2v) is 3.83. The highest BCUT2D eigenvalue weighted by Gasteiger charge is 1.94. The van der Waals surface area contributed by atoms with Crippen molar-refractivity contribution in [3.63, 3.8) is 0 Å². The molecule has 0 spiro atoms. The van der Waals surface area contributed by atoms with E-state index in [1.807, 2.05) is 0 Å². The second-order valence-electron chi connectivity index (χ2n) is 3.83. The van der Waals surface area contributed by atoms with Gasteiger partial charge in [-0.15, -0.1) is 0 Å². The van der Waals surface area contributed by atoms with Crippen LogP contribution in [-0.4, -0.2) is 19.0 Å². The van der Waals surface area contributed by atoms with Gasteiger partial charge in [0.25, 0.3) is 0 Å². The summed E-state index contributed by atoms with van der Waals surface area (Å²) in [6.07, 6.45) is 1.08. The molecule has 0 saturated carbocycles. The fraction of sp³-hybridized carbons (Fsp3) is 0.462. The highest BCUT2D eigenvalue weighted by molar-refractivity contribution is 5.72. The van der Waals surface area contributed by atoms with Crippen molar-refractivity contribution in [2.24, 2.45) is 0 Å². The third-order valence-electron chi connectivity index (χ3n) is 2.44. The summed E-state index contributed by atoms with van der Waals surface area (Å²) >= 11 is 0. The molecule has 0 unspecified atom stereocenters. The Kier molecular flexibility index (Phi) is 5.57. The van der Waals surface area contributed by atoms with Crippen LogP contribution in [0, 0.1) is 0 Å². The second kappa shape index (κ2) is 7.01. The largest absolute Gasteiger partial charge is 0.355 e. The maximum atomic E-state index is 10.6. The van der Waals surface area contributed by atoms with E-state index in [4.69, 9.17) is 0 Å². The van der Waals surface area contributed by atoms with Crippen molar-refractivity contribution in [1.29, 1.82) is 0 Å². The van der Waals surface area contributed by atoms with Crippen LogP contribution in [0.5, 0.6) is 0 Å². The molecule has 1 aromatic rings. The first-order valence-corrected chi connectivity index (χ1v) is 5.75. The van der Waals surface area contributed by atoms with Crippen molar-refractivity contribution in [2.45, 2.75) is 26.8 Å². The Hall–Kier alpha value is -1.35. The minimum absolute atomic E-state index is 0.0223. The number of carbonyl (C=O) groups excluding carboxylic acids is 1. The van der Waals surface area contributed by atoms with E-state index in [1.165, 1.54) is 18.1 Å². The Morgan fingerprint density at radius 3 is 2.31 bits per heavy atom. The summed E-state index contributed by atoms with van der Waals surface area (Å²) in [5, 5.41) is 6.03. The van der Waals surface area contributed by atoms with Gasteiger partial charge in [0.2, 0.25) is 5.91 Å². The van der Waals surface area contributed by atoms with E-state index in [9.17, 15) is 4.79 Å². The molecule has 3 nitrogen and oxygen atoms in total. The van der Waals surface area contributed by atoms with E-state index in [0.717, 1.165) is 19.5 Å². The first kappa shape index (κ1) is 12.7. The summed E-state index contributed by atoms with van der Waals surface area (Å²) < 4.78 is 0. The Morgan fingerprint density at radius 2 is 1.75 bits per heavy atom. The lowest BCUT2D eigenvalue weighted by molar-refractivity contribution is -0.118. The van der Waals surface area contributed by atoms with Gasteiger partial charge in [0, 0.05) is 26.6 Å². The normalized spacial score (nSPS) is 10.1. The lowest BCUT2D eigenvalue weighted by Gasteiger charge is -2.06. The van der Waals surface area contributed by atoms with Gasteiger partial charge in [-0.25, -0.2) is 0 Å². The number of rotatable bonds is 6. The van der Waals surface area contributed by atoms with Crippen molar-refractivity contribution in [3.8, 4) is 0 Å². The average molecular weight is 220 g/mol. The number of hydrogen-bond acceptors (Lipinski definition) is 2. The Bertz CT molecular complexity index is 319. The highest BCUT2D eigenvalue weighted by Crippen LogP contribution is 2.04. The van der Waals surface area contributed by atoms with Crippen molar-refractivity contribution in [3.05, 3.63) is 35.4 Å². The quantitative estimate of drug-likeness (QED) is 0.713. The molecule has 2 N–H and O–H groups in total. The predicted octanol–water partition coefficient (Wildman–Crippen LogP) is 1.47. The standard InChI is InChI=1S/C13H20N2O/c1-3-12-4-6-13(7-5-12)10-14-8-9-15-11(2)16/h4-7,14H,3,8-10H2,1-2H3,(H,15,16). The van der Waals surface area contributed by atoms with Gasteiger partial charge in [0.05, 0.1) is 0 Å². The van der Waals surface area contributed by atoms with E-state index in [-0.39, 0.29) is 5.91 Å².